The maximum absolute atomic E-state index is 14.0. The van der Waals surface area contributed by atoms with Crippen LogP contribution in [-0.4, -0.2) is 38.7 Å². The Morgan fingerprint density at radius 2 is 1.09 bits per heavy atom. The minimum atomic E-state index is -1.01. The van der Waals surface area contributed by atoms with Crippen molar-refractivity contribution in [2.24, 2.45) is 11.8 Å². The maximum Gasteiger partial charge on any atom is 0.316 e. The van der Waals surface area contributed by atoms with Gasteiger partial charge in [0, 0.05) is 26.6 Å². The first kappa shape index (κ1) is 33.5. The predicted molar refractivity (Wildman–Crippen MR) is 186 cm³/mol. The number of Topliss-reactive ketones (excluding diaryl/α,β-unsaturated/α-hetero) is 1. The topological polar surface area (TPSA) is 61.8 Å². The van der Waals surface area contributed by atoms with E-state index >= 15 is 0 Å². The third-order valence-corrected chi connectivity index (χ3v) is 8.45. The summed E-state index contributed by atoms with van der Waals surface area (Å²) in [5, 5.41) is 0. The van der Waals surface area contributed by atoms with Gasteiger partial charge in [-0.05, 0) is 39.3 Å². The van der Waals surface area contributed by atoms with Gasteiger partial charge in [-0.15, -0.1) is 0 Å². The molecule has 0 N–H and O–H groups in total. The summed E-state index contributed by atoms with van der Waals surface area (Å²) < 4.78 is 17.8. The maximum atomic E-state index is 14.0. The fourth-order valence-electron chi connectivity index (χ4n) is 6.02. The summed E-state index contributed by atoms with van der Waals surface area (Å²) in [5.74, 6) is -2.22. The van der Waals surface area contributed by atoms with E-state index in [0.29, 0.717) is 13.0 Å². The first-order valence-electron chi connectivity index (χ1n) is 16.2. The summed E-state index contributed by atoms with van der Waals surface area (Å²) in [6.07, 6.45) is 0.659. The fourth-order valence-corrected chi connectivity index (χ4v) is 6.02. The standard InChI is InChI=1S/C42H42O5/c1-32(31-47-42(36-18-9-4-10-19-36,37-20-11-5-12-21-37)38-22-13-6-14-23-38)40(41(44)46-29-15-28-45-2)39(43)30-33-24-26-35(27-25-33)34-16-7-3-8-17-34/h3-14,16-27,32,40H,15,28-31H2,1-2H3/t32-,40?/m0/s1. The van der Waals surface area contributed by atoms with Gasteiger partial charge in [-0.1, -0.05) is 153 Å². The van der Waals surface area contributed by atoms with Crippen molar-refractivity contribution in [3.8, 4) is 11.1 Å². The summed E-state index contributed by atoms with van der Waals surface area (Å²) in [6, 6.07) is 48.2. The summed E-state index contributed by atoms with van der Waals surface area (Å²) in [4.78, 5) is 27.6. The molecule has 0 saturated heterocycles. The largest absolute Gasteiger partial charge is 0.465 e. The van der Waals surface area contributed by atoms with Crippen LogP contribution in [-0.2, 0) is 35.8 Å². The SMILES string of the molecule is COCCCOC(=O)C(C(=O)Cc1ccc(-c2ccccc2)cc1)[C@@H](C)COC(c1ccccc1)(c1ccccc1)c1ccccc1. The van der Waals surface area contributed by atoms with E-state index in [0.717, 1.165) is 33.4 Å². The number of carbonyl (C=O) groups is 2. The molecule has 0 heterocycles. The van der Waals surface area contributed by atoms with Crippen LogP contribution in [0.2, 0.25) is 0 Å². The van der Waals surface area contributed by atoms with Gasteiger partial charge in [-0.2, -0.15) is 0 Å². The second kappa shape index (κ2) is 16.6. The average Bonchev–Trinajstić information content (AvgIpc) is 3.12. The summed E-state index contributed by atoms with van der Waals surface area (Å²) in [7, 11) is 1.61. The van der Waals surface area contributed by atoms with Crippen molar-refractivity contribution >= 4 is 11.8 Å². The first-order valence-corrected chi connectivity index (χ1v) is 16.2. The lowest BCUT2D eigenvalue weighted by atomic mass is 9.79. The molecule has 47 heavy (non-hydrogen) atoms. The Hall–Kier alpha value is -4.84. The third kappa shape index (κ3) is 8.31. The quantitative estimate of drug-likeness (QED) is 0.0477. The fraction of sp³-hybridized carbons (Fsp3) is 0.238. The molecule has 0 aliphatic rings. The Morgan fingerprint density at radius 1 is 0.617 bits per heavy atom. The van der Waals surface area contributed by atoms with E-state index in [2.05, 4.69) is 48.5 Å². The Bertz CT molecular complexity index is 1570. The van der Waals surface area contributed by atoms with E-state index in [1.807, 2.05) is 104 Å². The van der Waals surface area contributed by atoms with E-state index in [-0.39, 0.29) is 25.4 Å². The lowest BCUT2D eigenvalue weighted by Crippen LogP contribution is -2.39. The lowest BCUT2D eigenvalue weighted by molar-refractivity contribution is -0.156. The van der Waals surface area contributed by atoms with Crippen LogP contribution in [0.4, 0.5) is 0 Å². The van der Waals surface area contributed by atoms with E-state index in [9.17, 15) is 9.59 Å². The Labute approximate surface area is 278 Å². The van der Waals surface area contributed by atoms with Gasteiger partial charge in [-0.25, -0.2) is 0 Å². The second-order valence-corrected chi connectivity index (χ2v) is 11.8. The van der Waals surface area contributed by atoms with Gasteiger partial charge >= 0.3 is 5.97 Å². The van der Waals surface area contributed by atoms with Crippen LogP contribution >= 0.6 is 0 Å². The summed E-state index contributed by atoms with van der Waals surface area (Å²) in [6.45, 7) is 2.67. The molecule has 5 aromatic rings. The minimum absolute atomic E-state index is 0.110. The molecule has 5 rings (SSSR count). The number of esters is 1. The molecule has 0 radical (unpaired) electrons. The van der Waals surface area contributed by atoms with E-state index in [1.165, 1.54) is 0 Å². The molecule has 240 valence electrons. The van der Waals surface area contributed by atoms with Crippen LogP contribution in [0.1, 0.15) is 35.6 Å². The third-order valence-electron chi connectivity index (χ3n) is 8.45. The van der Waals surface area contributed by atoms with Crippen molar-refractivity contribution < 1.29 is 23.8 Å². The van der Waals surface area contributed by atoms with E-state index < -0.39 is 23.4 Å². The minimum Gasteiger partial charge on any atom is -0.465 e. The number of benzene rings is 5. The molecule has 0 aliphatic heterocycles. The van der Waals surface area contributed by atoms with E-state index in [1.54, 1.807) is 7.11 Å². The van der Waals surface area contributed by atoms with Crippen molar-refractivity contribution in [3.05, 3.63) is 168 Å². The molecule has 1 unspecified atom stereocenters. The highest BCUT2D eigenvalue weighted by Crippen LogP contribution is 2.41. The number of carbonyl (C=O) groups excluding carboxylic acids is 2. The highest BCUT2D eigenvalue weighted by molar-refractivity contribution is 6.00. The lowest BCUT2D eigenvalue weighted by Gasteiger charge is -2.37. The zero-order chi connectivity index (χ0) is 32.9. The van der Waals surface area contributed by atoms with E-state index in [4.69, 9.17) is 14.2 Å². The van der Waals surface area contributed by atoms with Crippen LogP contribution < -0.4 is 0 Å². The normalized spacial score (nSPS) is 12.6. The van der Waals surface area contributed by atoms with Gasteiger partial charge in [0.2, 0.25) is 0 Å². The van der Waals surface area contributed by atoms with Gasteiger partial charge < -0.3 is 14.2 Å². The smallest absolute Gasteiger partial charge is 0.316 e. The van der Waals surface area contributed by atoms with Crippen molar-refractivity contribution in [1.82, 2.24) is 0 Å². The zero-order valence-corrected chi connectivity index (χ0v) is 27.1. The number of ketones is 1. The molecule has 0 amide bonds. The Kier molecular flexibility index (Phi) is 11.9. The molecule has 5 heteroatoms. The molecule has 0 saturated carbocycles. The first-order chi connectivity index (χ1) is 23.0. The van der Waals surface area contributed by atoms with Crippen LogP contribution in [0, 0.1) is 11.8 Å². The molecule has 2 atom stereocenters. The monoisotopic (exact) mass is 626 g/mol. The molecule has 0 aromatic heterocycles. The molecular formula is C42H42O5. The molecule has 0 bridgehead atoms. The van der Waals surface area contributed by atoms with Crippen molar-refractivity contribution in [2.45, 2.75) is 25.4 Å². The number of rotatable bonds is 16. The summed E-state index contributed by atoms with van der Waals surface area (Å²) in [5.41, 5.74) is 4.90. The number of hydrogen-bond donors (Lipinski definition) is 0. The van der Waals surface area contributed by atoms with Crippen LogP contribution in [0.5, 0.6) is 0 Å². The number of ether oxygens (including phenoxy) is 3. The Morgan fingerprint density at radius 3 is 1.57 bits per heavy atom. The van der Waals surface area contributed by atoms with Gasteiger partial charge in [0.25, 0.3) is 0 Å². The van der Waals surface area contributed by atoms with Crippen molar-refractivity contribution in [1.29, 1.82) is 0 Å². The predicted octanol–water partition coefficient (Wildman–Crippen LogP) is 8.31. The van der Waals surface area contributed by atoms with Gasteiger partial charge in [-0.3, -0.25) is 9.59 Å². The number of methoxy groups -OCH3 is 1. The van der Waals surface area contributed by atoms with Gasteiger partial charge in [0.05, 0.1) is 13.2 Å². The van der Waals surface area contributed by atoms with Gasteiger partial charge in [0.15, 0.2) is 5.78 Å². The zero-order valence-electron chi connectivity index (χ0n) is 27.1. The van der Waals surface area contributed by atoms with Gasteiger partial charge in [0.1, 0.15) is 11.5 Å². The molecule has 5 aromatic carbocycles. The molecule has 0 aliphatic carbocycles. The van der Waals surface area contributed by atoms with Crippen molar-refractivity contribution in [3.63, 3.8) is 0 Å². The van der Waals surface area contributed by atoms with Crippen molar-refractivity contribution in [2.75, 3.05) is 26.9 Å². The average molecular weight is 627 g/mol. The highest BCUT2D eigenvalue weighted by Gasteiger charge is 2.40. The Balaban J connectivity index is 1.43. The molecule has 5 nitrogen and oxygen atoms in total. The summed E-state index contributed by atoms with van der Waals surface area (Å²) >= 11 is 0. The number of hydrogen-bond acceptors (Lipinski definition) is 5. The molecule has 0 spiro atoms. The second-order valence-electron chi connectivity index (χ2n) is 11.8. The van der Waals surface area contributed by atoms with Crippen LogP contribution in [0.25, 0.3) is 11.1 Å². The molecular weight excluding hydrogens is 584 g/mol. The van der Waals surface area contributed by atoms with Crippen LogP contribution in [0.3, 0.4) is 0 Å². The molecule has 0 fully saturated rings. The highest BCUT2D eigenvalue weighted by atomic mass is 16.5. The van der Waals surface area contributed by atoms with Crippen LogP contribution in [0.15, 0.2) is 146 Å².